The van der Waals surface area contributed by atoms with Crippen molar-refractivity contribution in [1.29, 1.82) is 0 Å². The Morgan fingerprint density at radius 1 is 1.09 bits per heavy atom. The van der Waals surface area contributed by atoms with Crippen LogP contribution < -0.4 is 5.32 Å². The molecule has 0 aliphatic rings. The average Bonchev–Trinajstić information content (AvgIpc) is 2.47. The van der Waals surface area contributed by atoms with E-state index in [1.807, 2.05) is 0 Å². The van der Waals surface area contributed by atoms with Gasteiger partial charge in [-0.15, -0.1) is 0 Å². The highest BCUT2D eigenvalue weighted by molar-refractivity contribution is 14.1. The molecule has 1 aromatic carbocycles. The number of rotatable bonds is 7. The number of carbonyl (C=O) groups excluding carboxylic acids is 3. The smallest absolute Gasteiger partial charge is 0.340 e. The van der Waals surface area contributed by atoms with E-state index in [0.29, 0.717) is 11.3 Å². The number of anilines is 1. The number of ether oxygens (including phenoxy) is 2. The fourth-order valence-electron chi connectivity index (χ4n) is 1.66. The van der Waals surface area contributed by atoms with E-state index in [2.05, 4.69) is 27.9 Å². The molecule has 0 aliphatic carbocycles. The van der Waals surface area contributed by atoms with Gasteiger partial charge in [0.15, 0.2) is 0 Å². The molecular weight excluding hydrogens is 401 g/mol. The van der Waals surface area contributed by atoms with Crippen molar-refractivity contribution in [1.82, 2.24) is 0 Å². The summed E-state index contributed by atoms with van der Waals surface area (Å²) in [4.78, 5) is 35.0. The average molecular weight is 419 g/mol. The molecule has 22 heavy (non-hydrogen) atoms. The second-order valence-electron chi connectivity index (χ2n) is 4.26. The largest absolute Gasteiger partial charge is 0.466 e. The third-order valence-electron chi connectivity index (χ3n) is 2.61. The van der Waals surface area contributed by atoms with E-state index in [0.717, 1.165) is 3.57 Å². The van der Waals surface area contributed by atoms with Crippen molar-refractivity contribution in [2.24, 2.45) is 0 Å². The van der Waals surface area contributed by atoms with Gasteiger partial charge in [-0.05, 0) is 54.6 Å². The van der Waals surface area contributed by atoms with Crippen molar-refractivity contribution < 1.29 is 23.9 Å². The van der Waals surface area contributed by atoms with Crippen molar-refractivity contribution in [3.8, 4) is 0 Å². The van der Waals surface area contributed by atoms with Crippen LogP contribution in [0.5, 0.6) is 0 Å². The molecule has 1 N–H and O–H groups in total. The van der Waals surface area contributed by atoms with Gasteiger partial charge in [0.1, 0.15) is 0 Å². The molecule has 0 fully saturated rings. The van der Waals surface area contributed by atoms with Gasteiger partial charge < -0.3 is 14.8 Å². The highest BCUT2D eigenvalue weighted by Crippen LogP contribution is 2.20. The number of benzene rings is 1. The molecule has 0 spiro atoms. The monoisotopic (exact) mass is 419 g/mol. The summed E-state index contributed by atoms with van der Waals surface area (Å²) in [6.07, 6.45) is -0.00807. The summed E-state index contributed by atoms with van der Waals surface area (Å²) in [6, 6.07) is 5.04. The van der Waals surface area contributed by atoms with Crippen molar-refractivity contribution >= 4 is 46.1 Å². The van der Waals surface area contributed by atoms with E-state index < -0.39 is 11.9 Å². The van der Waals surface area contributed by atoms with Crippen LogP contribution in [0.2, 0.25) is 0 Å². The summed E-state index contributed by atoms with van der Waals surface area (Å²) in [5.41, 5.74) is 0.658. The molecule has 1 aromatic rings. The maximum atomic E-state index is 11.9. The predicted octanol–water partition coefficient (Wildman–Crippen LogP) is 2.75. The minimum absolute atomic E-state index is 0.00121. The zero-order valence-electron chi connectivity index (χ0n) is 12.5. The van der Waals surface area contributed by atoms with E-state index in [9.17, 15) is 14.4 Å². The van der Waals surface area contributed by atoms with Gasteiger partial charge in [0.05, 0.1) is 30.9 Å². The van der Waals surface area contributed by atoms with Gasteiger partial charge in [-0.1, -0.05) is 0 Å². The first-order valence-corrected chi connectivity index (χ1v) is 7.98. The van der Waals surface area contributed by atoms with Crippen molar-refractivity contribution in [2.45, 2.75) is 26.7 Å². The van der Waals surface area contributed by atoms with Gasteiger partial charge in [0.25, 0.3) is 0 Å². The Balaban J connectivity index is 2.74. The van der Waals surface area contributed by atoms with Gasteiger partial charge in [-0.25, -0.2) is 4.79 Å². The molecule has 0 bridgehead atoms. The first kappa shape index (κ1) is 18.4. The number of nitrogens with one attached hydrogen (secondary N) is 1. The summed E-state index contributed by atoms with van der Waals surface area (Å²) in [5.74, 6) is -1.28. The standard InChI is InChI=1S/C15H18INO5/c1-3-21-14(19)8-7-13(18)17-12-6-5-10(16)9-11(12)15(20)22-4-2/h5-6,9H,3-4,7-8H2,1-2H3,(H,17,18). The molecule has 0 unspecified atom stereocenters. The van der Waals surface area contributed by atoms with Crippen LogP contribution >= 0.6 is 22.6 Å². The highest BCUT2D eigenvalue weighted by atomic mass is 127. The quantitative estimate of drug-likeness (QED) is 0.543. The fraction of sp³-hybridized carbons (Fsp3) is 0.400. The number of hydrogen-bond donors (Lipinski definition) is 1. The molecule has 7 heteroatoms. The van der Waals surface area contributed by atoms with E-state index in [4.69, 9.17) is 9.47 Å². The maximum absolute atomic E-state index is 11.9. The Hall–Kier alpha value is -1.64. The Bertz CT molecular complexity index is 559. The summed E-state index contributed by atoms with van der Waals surface area (Å²) >= 11 is 2.07. The SMILES string of the molecule is CCOC(=O)CCC(=O)Nc1ccc(I)cc1C(=O)OCC. The van der Waals surface area contributed by atoms with Crippen LogP contribution in [0, 0.1) is 3.57 Å². The predicted molar refractivity (Wildman–Crippen MR) is 89.6 cm³/mol. The van der Waals surface area contributed by atoms with Crippen LogP contribution in [-0.2, 0) is 19.1 Å². The van der Waals surface area contributed by atoms with Gasteiger partial charge in [-0.3, -0.25) is 9.59 Å². The number of amides is 1. The molecule has 1 amide bonds. The van der Waals surface area contributed by atoms with Gasteiger partial charge >= 0.3 is 11.9 Å². The lowest BCUT2D eigenvalue weighted by molar-refractivity contribution is -0.144. The first-order chi connectivity index (χ1) is 10.5. The molecular formula is C15H18INO5. The first-order valence-electron chi connectivity index (χ1n) is 6.90. The van der Waals surface area contributed by atoms with E-state index in [1.165, 1.54) is 0 Å². The van der Waals surface area contributed by atoms with Crippen LogP contribution in [0.15, 0.2) is 18.2 Å². The second-order valence-corrected chi connectivity index (χ2v) is 5.51. The summed E-state index contributed by atoms with van der Waals surface area (Å²) in [6.45, 7) is 3.95. The van der Waals surface area contributed by atoms with Gasteiger partial charge in [0, 0.05) is 9.99 Å². The van der Waals surface area contributed by atoms with Crippen LogP contribution in [0.25, 0.3) is 0 Å². The highest BCUT2D eigenvalue weighted by Gasteiger charge is 2.16. The van der Waals surface area contributed by atoms with E-state index in [-0.39, 0.29) is 32.0 Å². The topological polar surface area (TPSA) is 81.7 Å². The lowest BCUT2D eigenvalue weighted by atomic mass is 10.1. The molecule has 0 saturated carbocycles. The van der Waals surface area contributed by atoms with E-state index >= 15 is 0 Å². The second kappa shape index (κ2) is 9.39. The number of carbonyl (C=O) groups is 3. The normalized spacial score (nSPS) is 9.95. The van der Waals surface area contributed by atoms with Crippen LogP contribution in [0.3, 0.4) is 0 Å². The molecule has 0 aliphatic heterocycles. The number of halogens is 1. The molecule has 1 rings (SSSR count). The molecule has 6 nitrogen and oxygen atoms in total. The third kappa shape index (κ3) is 6.00. The zero-order chi connectivity index (χ0) is 16.5. The summed E-state index contributed by atoms with van der Waals surface area (Å²) in [7, 11) is 0. The number of hydrogen-bond acceptors (Lipinski definition) is 5. The van der Waals surface area contributed by atoms with Crippen LogP contribution in [-0.4, -0.2) is 31.1 Å². The van der Waals surface area contributed by atoms with Crippen LogP contribution in [0.1, 0.15) is 37.0 Å². The lowest BCUT2D eigenvalue weighted by Gasteiger charge is -2.11. The third-order valence-corrected chi connectivity index (χ3v) is 3.28. The molecule has 120 valence electrons. The van der Waals surface area contributed by atoms with Gasteiger partial charge in [-0.2, -0.15) is 0 Å². The molecule has 0 radical (unpaired) electrons. The fourth-order valence-corrected chi connectivity index (χ4v) is 2.16. The van der Waals surface area contributed by atoms with Gasteiger partial charge in [0.2, 0.25) is 5.91 Å². The zero-order valence-corrected chi connectivity index (χ0v) is 14.6. The van der Waals surface area contributed by atoms with Crippen molar-refractivity contribution in [2.75, 3.05) is 18.5 Å². The summed E-state index contributed by atoms with van der Waals surface area (Å²) in [5, 5.41) is 2.62. The lowest BCUT2D eigenvalue weighted by Crippen LogP contribution is -2.17. The minimum Gasteiger partial charge on any atom is -0.466 e. The Morgan fingerprint density at radius 3 is 2.41 bits per heavy atom. The maximum Gasteiger partial charge on any atom is 0.340 e. The number of esters is 2. The summed E-state index contributed by atoms with van der Waals surface area (Å²) < 4.78 is 10.6. The van der Waals surface area contributed by atoms with E-state index in [1.54, 1.807) is 32.0 Å². The van der Waals surface area contributed by atoms with Crippen molar-refractivity contribution in [3.63, 3.8) is 0 Å². The molecule has 0 aromatic heterocycles. The van der Waals surface area contributed by atoms with Crippen molar-refractivity contribution in [3.05, 3.63) is 27.3 Å². The molecule has 0 heterocycles. The Kier molecular flexibility index (Phi) is 7.86. The Morgan fingerprint density at radius 2 is 1.77 bits per heavy atom. The Labute approximate surface area is 142 Å². The molecule has 0 atom stereocenters. The minimum atomic E-state index is -0.498. The van der Waals surface area contributed by atoms with Crippen LogP contribution in [0.4, 0.5) is 5.69 Å². The molecule has 0 saturated heterocycles.